The van der Waals surface area contributed by atoms with Crippen molar-refractivity contribution in [2.45, 2.75) is 45.4 Å². The van der Waals surface area contributed by atoms with E-state index < -0.39 is 0 Å². The van der Waals surface area contributed by atoms with Crippen molar-refractivity contribution in [3.63, 3.8) is 0 Å². The molecule has 3 nitrogen and oxygen atoms in total. The fourth-order valence-corrected chi connectivity index (χ4v) is 6.19. The van der Waals surface area contributed by atoms with Gasteiger partial charge in [0.05, 0.1) is 5.41 Å². The SMILES string of the molecule is CC12CC3CC(C1)CC(C(=O)N1CC(CN)C1)(C3)C2. The van der Waals surface area contributed by atoms with E-state index in [4.69, 9.17) is 5.73 Å². The molecule has 0 aromatic carbocycles. The van der Waals surface area contributed by atoms with E-state index in [9.17, 15) is 4.79 Å². The molecule has 0 aromatic heterocycles. The van der Waals surface area contributed by atoms with Crippen LogP contribution in [0.25, 0.3) is 0 Å². The molecular weight excluding hydrogens is 236 g/mol. The Bertz CT molecular complexity index is 399. The summed E-state index contributed by atoms with van der Waals surface area (Å²) < 4.78 is 0. The number of carbonyl (C=O) groups is 1. The van der Waals surface area contributed by atoms with Gasteiger partial charge in [0.1, 0.15) is 0 Å². The minimum absolute atomic E-state index is 0.0262. The molecule has 5 rings (SSSR count). The highest BCUT2D eigenvalue weighted by atomic mass is 16.2. The summed E-state index contributed by atoms with van der Waals surface area (Å²) in [4.78, 5) is 15.1. The second kappa shape index (κ2) is 3.75. The zero-order chi connectivity index (χ0) is 13.3. The summed E-state index contributed by atoms with van der Waals surface area (Å²) >= 11 is 0. The lowest BCUT2D eigenvalue weighted by Crippen LogP contribution is -2.62. The van der Waals surface area contributed by atoms with Crippen LogP contribution < -0.4 is 5.73 Å². The average Bonchev–Trinajstić information content (AvgIpc) is 2.23. The van der Waals surface area contributed by atoms with E-state index in [2.05, 4.69) is 11.8 Å². The van der Waals surface area contributed by atoms with Crippen molar-refractivity contribution in [3.05, 3.63) is 0 Å². The first-order chi connectivity index (χ1) is 9.02. The van der Waals surface area contributed by atoms with Crippen molar-refractivity contribution in [1.29, 1.82) is 0 Å². The van der Waals surface area contributed by atoms with Crippen molar-refractivity contribution in [2.75, 3.05) is 19.6 Å². The van der Waals surface area contributed by atoms with Crippen LogP contribution in [-0.2, 0) is 4.79 Å². The Labute approximate surface area is 115 Å². The highest BCUT2D eigenvalue weighted by molar-refractivity contribution is 5.84. The molecule has 1 saturated heterocycles. The maximum atomic E-state index is 13.0. The molecule has 0 radical (unpaired) electrons. The molecule has 1 amide bonds. The second-order valence-electron chi connectivity index (χ2n) is 8.36. The highest BCUT2D eigenvalue weighted by Gasteiger charge is 2.60. The summed E-state index contributed by atoms with van der Waals surface area (Å²) in [5, 5.41) is 0. The zero-order valence-electron chi connectivity index (χ0n) is 12.0. The molecule has 5 aliphatic rings. The quantitative estimate of drug-likeness (QED) is 0.827. The van der Waals surface area contributed by atoms with Crippen molar-refractivity contribution >= 4 is 5.91 Å². The third-order valence-electron chi connectivity index (χ3n) is 6.38. The largest absolute Gasteiger partial charge is 0.341 e. The number of hydrogen-bond acceptors (Lipinski definition) is 2. The molecule has 4 bridgehead atoms. The Kier molecular flexibility index (Phi) is 2.41. The first-order valence-corrected chi connectivity index (χ1v) is 8.01. The van der Waals surface area contributed by atoms with Crippen LogP contribution in [0, 0.1) is 28.6 Å². The number of likely N-dealkylation sites (tertiary alicyclic amines) is 1. The molecule has 0 aromatic rings. The molecule has 0 spiro atoms. The predicted molar refractivity (Wildman–Crippen MR) is 74.3 cm³/mol. The van der Waals surface area contributed by atoms with E-state index in [1.807, 2.05) is 0 Å². The fraction of sp³-hybridized carbons (Fsp3) is 0.938. The summed E-state index contributed by atoms with van der Waals surface area (Å²) in [7, 11) is 0. The summed E-state index contributed by atoms with van der Waals surface area (Å²) in [6.45, 7) is 5.01. The third-order valence-corrected chi connectivity index (χ3v) is 6.38. The van der Waals surface area contributed by atoms with Crippen LogP contribution in [0.3, 0.4) is 0 Å². The predicted octanol–water partition coefficient (Wildman–Crippen LogP) is 2.01. The lowest BCUT2D eigenvalue weighted by Gasteiger charge is -2.61. The second-order valence-corrected chi connectivity index (χ2v) is 8.36. The molecule has 106 valence electrons. The van der Waals surface area contributed by atoms with E-state index in [0.717, 1.165) is 37.9 Å². The molecule has 19 heavy (non-hydrogen) atoms. The average molecular weight is 262 g/mol. The summed E-state index contributed by atoms with van der Waals surface area (Å²) in [6, 6.07) is 0. The van der Waals surface area contributed by atoms with E-state index in [0.29, 0.717) is 17.2 Å². The monoisotopic (exact) mass is 262 g/mol. The Hall–Kier alpha value is -0.570. The van der Waals surface area contributed by atoms with Crippen LogP contribution in [0.2, 0.25) is 0 Å². The lowest BCUT2D eigenvalue weighted by atomic mass is 9.44. The molecule has 2 atom stereocenters. The van der Waals surface area contributed by atoms with Gasteiger partial charge in [-0.15, -0.1) is 0 Å². The standard InChI is InChI=1S/C16H26N2O/c1-15-3-11-2-12(4-15)6-16(5-11,10-15)14(19)18-8-13(7-17)9-18/h11-13H,2-10,17H2,1H3. The lowest BCUT2D eigenvalue weighted by molar-refractivity contribution is -0.171. The summed E-state index contributed by atoms with van der Waals surface area (Å²) in [6.07, 6.45) is 7.68. The van der Waals surface area contributed by atoms with Gasteiger partial charge in [-0.2, -0.15) is 0 Å². The van der Waals surface area contributed by atoms with Crippen LogP contribution in [0.1, 0.15) is 45.4 Å². The Morgan fingerprint density at radius 3 is 2.37 bits per heavy atom. The normalized spacial score (nSPS) is 48.4. The Balaban J connectivity index is 1.55. The topological polar surface area (TPSA) is 46.3 Å². The molecule has 4 aliphatic carbocycles. The van der Waals surface area contributed by atoms with Gasteiger partial charge in [-0.3, -0.25) is 4.79 Å². The van der Waals surface area contributed by atoms with Crippen LogP contribution in [0.4, 0.5) is 0 Å². The minimum Gasteiger partial charge on any atom is -0.341 e. The van der Waals surface area contributed by atoms with Gasteiger partial charge in [-0.05, 0) is 62.3 Å². The number of amides is 1. The number of nitrogens with zero attached hydrogens (tertiary/aromatic N) is 1. The minimum atomic E-state index is 0.0262. The van der Waals surface area contributed by atoms with Gasteiger partial charge in [-0.25, -0.2) is 0 Å². The summed E-state index contributed by atoms with van der Waals surface area (Å²) in [5.74, 6) is 2.72. The van der Waals surface area contributed by atoms with Crippen molar-refractivity contribution in [3.8, 4) is 0 Å². The zero-order valence-corrected chi connectivity index (χ0v) is 12.0. The van der Waals surface area contributed by atoms with Crippen LogP contribution in [-0.4, -0.2) is 30.4 Å². The molecule has 4 saturated carbocycles. The van der Waals surface area contributed by atoms with Gasteiger partial charge in [0, 0.05) is 19.0 Å². The van der Waals surface area contributed by atoms with Gasteiger partial charge in [-0.1, -0.05) is 6.92 Å². The molecule has 1 heterocycles. The maximum absolute atomic E-state index is 13.0. The molecule has 1 aliphatic heterocycles. The smallest absolute Gasteiger partial charge is 0.228 e. The Morgan fingerprint density at radius 1 is 1.21 bits per heavy atom. The number of rotatable bonds is 2. The van der Waals surface area contributed by atoms with Gasteiger partial charge >= 0.3 is 0 Å². The van der Waals surface area contributed by atoms with Crippen molar-refractivity contribution < 1.29 is 4.79 Å². The molecule has 5 fully saturated rings. The van der Waals surface area contributed by atoms with Crippen molar-refractivity contribution in [1.82, 2.24) is 4.90 Å². The van der Waals surface area contributed by atoms with Crippen LogP contribution in [0.5, 0.6) is 0 Å². The number of hydrogen-bond donors (Lipinski definition) is 1. The van der Waals surface area contributed by atoms with E-state index in [1.54, 1.807) is 0 Å². The maximum Gasteiger partial charge on any atom is 0.228 e. The van der Waals surface area contributed by atoms with E-state index >= 15 is 0 Å². The first kappa shape index (κ1) is 12.2. The van der Waals surface area contributed by atoms with Gasteiger partial charge < -0.3 is 10.6 Å². The fourth-order valence-electron chi connectivity index (χ4n) is 6.19. The molecular formula is C16H26N2O. The molecule has 3 heteroatoms. The summed E-state index contributed by atoms with van der Waals surface area (Å²) in [5.41, 5.74) is 6.18. The highest BCUT2D eigenvalue weighted by Crippen LogP contribution is 2.65. The van der Waals surface area contributed by atoms with E-state index in [1.165, 1.54) is 32.1 Å². The van der Waals surface area contributed by atoms with Crippen LogP contribution >= 0.6 is 0 Å². The number of carbonyl (C=O) groups excluding carboxylic acids is 1. The van der Waals surface area contributed by atoms with E-state index in [-0.39, 0.29) is 5.41 Å². The molecule has 2 unspecified atom stereocenters. The third kappa shape index (κ3) is 1.70. The van der Waals surface area contributed by atoms with Gasteiger partial charge in [0.2, 0.25) is 5.91 Å². The van der Waals surface area contributed by atoms with Crippen LogP contribution in [0.15, 0.2) is 0 Å². The Morgan fingerprint density at radius 2 is 1.84 bits per heavy atom. The van der Waals surface area contributed by atoms with Gasteiger partial charge in [0.25, 0.3) is 0 Å². The number of nitrogens with two attached hydrogens (primary N) is 1. The first-order valence-electron chi connectivity index (χ1n) is 8.01. The van der Waals surface area contributed by atoms with Gasteiger partial charge in [0.15, 0.2) is 0 Å². The molecule has 2 N–H and O–H groups in total. The van der Waals surface area contributed by atoms with Crippen molar-refractivity contribution in [2.24, 2.45) is 34.3 Å².